The minimum atomic E-state index is -0.206. The average molecular weight is 581 g/mol. The summed E-state index contributed by atoms with van der Waals surface area (Å²) in [6.07, 6.45) is 9.27. The van der Waals surface area contributed by atoms with Crippen molar-refractivity contribution in [3.05, 3.63) is 82.4 Å². The lowest BCUT2D eigenvalue weighted by Crippen LogP contribution is -2.44. The molecular formula is C32H33ClN8O. The number of nitrogens with one attached hydrogen (secondary N) is 2. The predicted octanol–water partition coefficient (Wildman–Crippen LogP) is 5.24. The molecule has 1 amide bonds. The second-order valence-electron chi connectivity index (χ2n) is 11.8. The summed E-state index contributed by atoms with van der Waals surface area (Å²) in [5, 5.41) is 16.4. The van der Waals surface area contributed by atoms with Crippen LogP contribution in [0.4, 0.5) is 17.2 Å². The fraction of sp³-hybridized carbons (Fsp3) is 0.375. The third-order valence-corrected chi connectivity index (χ3v) is 8.88. The minimum Gasteiger partial charge on any atom is -0.379 e. The summed E-state index contributed by atoms with van der Waals surface area (Å²) in [6.45, 7) is 4.67. The molecule has 1 saturated heterocycles. The fourth-order valence-corrected chi connectivity index (χ4v) is 6.13. The van der Waals surface area contributed by atoms with E-state index in [1.165, 1.54) is 24.1 Å². The molecule has 3 fully saturated rings. The standard InChI is InChI=1S/C32H33ClN8O/c1-39-8-10-40(11-9-39)29-12-22(20-2-3-20)18-41-19-25(37-31(29)41)17-36-24-6-7-35-30(14-24)38-32(42)28-15-27(28)26-13-23(33)5-4-21(26)16-34/h4-7,12-14,18-20,27-28H,2-3,8-11,15,17H2,1H3,(H2,35,36,38,42)/t27-,28+/m1/s1. The summed E-state index contributed by atoms with van der Waals surface area (Å²) in [7, 11) is 2.18. The number of fused-ring (bicyclic) bond motifs is 1. The number of likely N-dealkylation sites (N-methyl/N-ethyl adjacent to an activating group) is 1. The molecule has 10 heteroatoms. The molecule has 214 valence electrons. The molecule has 0 unspecified atom stereocenters. The first-order valence-corrected chi connectivity index (χ1v) is 15.0. The fourth-order valence-electron chi connectivity index (χ4n) is 5.95. The molecule has 0 radical (unpaired) electrons. The number of nitriles is 1. The molecule has 2 N–H and O–H groups in total. The van der Waals surface area contributed by atoms with Crippen LogP contribution in [0.15, 0.2) is 55.0 Å². The van der Waals surface area contributed by atoms with Crippen LogP contribution in [-0.2, 0) is 11.3 Å². The number of aromatic nitrogens is 3. The van der Waals surface area contributed by atoms with Gasteiger partial charge in [-0.2, -0.15) is 5.26 Å². The molecule has 3 aromatic heterocycles. The Labute approximate surface area is 250 Å². The van der Waals surface area contributed by atoms with Crippen LogP contribution in [0.3, 0.4) is 0 Å². The molecule has 3 aliphatic rings. The van der Waals surface area contributed by atoms with E-state index in [0.29, 0.717) is 35.3 Å². The highest BCUT2D eigenvalue weighted by atomic mass is 35.5. The topological polar surface area (TPSA) is 102 Å². The van der Waals surface area contributed by atoms with Crippen LogP contribution in [0.25, 0.3) is 5.65 Å². The Bertz CT molecular complexity index is 1700. The van der Waals surface area contributed by atoms with Crippen LogP contribution in [-0.4, -0.2) is 58.4 Å². The number of anilines is 3. The van der Waals surface area contributed by atoms with Crippen molar-refractivity contribution in [3.8, 4) is 6.07 Å². The van der Waals surface area contributed by atoms with Crippen molar-refractivity contribution in [2.45, 2.75) is 37.6 Å². The number of pyridine rings is 2. The molecule has 1 aliphatic heterocycles. The smallest absolute Gasteiger partial charge is 0.229 e. The Morgan fingerprint density at radius 1 is 1.12 bits per heavy atom. The summed E-state index contributed by atoms with van der Waals surface area (Å²) >= 11 is 6.15. The number of amides is 1. The van der Waals surface area contributed by atoms with Gasteiger partial charge in [-0.1, -0.05) is 11.6 Å². The number of carbonyl (C=O) groups is 1. The highest BCUT2D eigenvalue weighted by molar-refractivity contribution is 6.30. The lowest BCUT2D eigenvalue weighted by Gasteiger charge is -2.34. The summed E-state index contributed by atoms with van der Waals surface area (Å²) in [6, 6.07) is 13.5. The number of benzene rings is 1. The van der Waals surface area contributed by atoms with Gasteiger partial charge in [0.15, 0.2) is 5.65 Å². The summed E-state index contributed by atoms with van der Waals surface area (Å²) in [5.41, 5.74) is 6.84. The Balaban J connectivity index is 1.03. The predicted molar refractivity (Wildman–Crippen MR) is 164 cm³/mol. The molecule has 2 saturated carbocycles. The van der Waals surface area contributed by atoms with Crippen LogP contribution in [0.1, 0.15) is 53.5 Å². The number of rotatable bonds is 8. The van der Waals surface area contributed by atoms with Crippen LogP contribution in [0.5, 0.6) is 0 Å². The quantitative estimate of drug-likeness (QED) is 0.294. The lowest BCUT2D eigenvalue weighted by molar-refractivity contribution is -0.117. The molecule has 4 heterocycles. The number of hydrogen-bond donors (Lipinski definition) is 2. The molecule has 4 aromatic rings. The van der Waals surface area contributed by atoms with Gasteiger partial charge in [0.25, 0.3) is 0 Å². The summed E-state index contributed by atoms with van der Waals surface area (Å²) in [4.78, 5) is 27.2. The van der Waals surface area contributed by atoms with Gasteiger partial charge in [-0.25, -0.2) is 9.97 Å². The highest BCUT2D eigenvalue weighted by Gasteiger charge is 2.45. The SMILES string of the molecule is CN1CCN(c2cc(C3CC3)cn3cc(CNc4ccnc(NC(=O)[C@H]5C[C@@H]5c5cc(Cl)ccc5C#N)c4)nc23)CC1. The van der Waals surface area contributed by atoms with Crippen LogP contribution < -0.4 is 15.5 Å². The molecule has 1 aromatic carbocycles. The molecule has 2 atom stereocenters. The Morgan fingerprint density at radius 3 is 2.74 bits per heavy atom. The molecule has 2 aliphatic carbocycles. The second-order valence-corrected chi connectivity index (χ2v) is 12.2. The van der Waals surface area contributed by atoms with Crippen molar-refractivity contribution in [3.63, 3.8) is 0 Å². The molecular weight excluding hydrogens is 548 g/mol. The third kappa shape index (κ3) is 5.52. The van der Waals surface area contributed by atoms with Crippen molar-refractivity contribution >= 4 is 40.3 Å². The van der Waals surface area contributed by atoms with Crippen LogP contribution in [0, 0.1) is 17.2 Å². The average Bonchev–Trinajstić information content (AvgIpc) is 3.93. The van der Waals surface area contributed by atoms with Crippen molar-refractivity contribution < 1.29 is 4.79 Å². The van der Waals surface area contributed by atoms with Crippen molar-refractivity contribution in [2.75, 3.05) is 48.8 Å². The highest BCUT2D eigenvalue weighted by Crippen LogP contribution is 2.49. The van der Waals surface area contributed by atoms with Gasteiger partial charge in [0, 0.05) is 67.5 Å². The number of hydrogen-bond acceptors (Lipinski definition) is 7. The van der Waals surface area contributed by atoms with E-state index in [0.717, 1.165) is 48.8 Å². The van der Waals surface area contributed by atoms with Gasteiger partial charge < -0.3 is 24.8 Å². The Kier molecular flexibility index (Phi) is 6.96. The van der Waals surface area contributed by atoms with Crippen molar-refractivity contribution in [1.29, 1.82) is 5.26 Å². The van der Waals surface area contributed by atoms with Crippen LogP contribution >= 0.6 is 11.6 Å². The van der Waals surface area contributed by atoms with E-state index >= 15 is 0 Å². The van der Waals surface area contributed by atoms with E-state index < -0.39 is 0 Å². The van der Waals surface area contributed by atoms with Gasteiger partial charge in [0.2, 0.25) is 5.91 Å². The van der Waals surface area contributed by atoms with E-state index in [4.69, 9.17) is 16.6 Å². The van der Waals surface area contributed by atoms with E-state index in [2.05, 4.69) is 61.4 Å². The third-order valence-electron chi connectivity index (χ3n) is 8.64. The molecule has 0 bridgehead atoms. The Morgan fingerprint density at radius 2 is 1.95 bits per heavy atom. The largest absolute Gasteiger partial charge is 0.379 e. The molecule has 7 rings (SSSR count). The summed E-state index contributed by atoms with van der Waals surface area (Å²) < 4.78 is 2.19. The number of imidazole rings is 1. The zero-order chi connectivity index (χ0) is 28.8. The lowest BCUT2D eigenvalue weighted by atomic mass is 10.0. The molecule has 9 nitrogen and oxygen atoms in total. The zero-order valence-corrected chi connectivity index (χ0v) is 24.3. The van der Waals surface area contributed by atoms with Crippen molar-refractivity contribution in [1.82, 2.24) is 19.3 Å². The number of nitrogens with zero attached hydrogens (tertiary/aromatic N) is 6. The normalized spacial score (nSPS) is 20.4. The first kappa shape index (κ1) is 26.7. The molecule has 42 heavy (non-hydrogen) atoms. The number of carbonyl (C=O) groups excluding carboxylic acids is 1. The maximum atomic E-state index is 13.0. The van der Waals surface area contributed by atoms with Crippen molar-refractivity contribution in [2.24, 2.45) is 5.92 Å². The van der Waals surface area contributed by atoms with E-state index in [1.54, 1.807) is 24.4 Å². The zero-order valence-electron chi connectivity index (χ0n) is 23.6. The number of piperazine rings is 1. The van der Waals surface area contributed by atoms with Crippen LogP contribution in [0.2, 0.25) is 5.02 Å². The maximum Gasteiger partial charge on any atom is 0.229 e. The molecule has 0 spiro atoms. The van der Waals surface area contributed by atoms with E-state index in [9.17, 15) is 10.1 Å². The van der Waals surface area contributed by atoms with Gasteiger partial charge in [0.05, 0.1) is 29.6 Å². The summed E-state index contributed by atoms with van der Waals surface area (Å²) in [5.74, 6) is 0.841. The monoisotopic (exact) mass is 580 g/mol. The van der Waals surface area contributed by atoms with Gasteiger partial charge in [-0.15, -0.1) is 0 Å². The van der Waals surface area contributed by atoms with Gasteiger partial charge in [-0.05, 0) is 79.6 Å². The van der Waals surface area contributed by atoms with Gasteiger partial charge in [0.1, 0.15) is 5.82 Å². The first-order valence-electron chi connectivity index (χ1n) is 14.6. The van der Waals surface area contributed by atoms with E-state index in [-0.39, 0.29) is 17.7 Å². The maximum absolute atomic E-state index is 13.0. The first-order chi connectivity index (χ1) is 20.4. The van der Waals surface area contributed by atoms with Gasteiger partial charge >= 0.3 is 0 Å². The second kappa shape index (κ2) is 10.9. The minimum absolute atomic E-state index is 0.00845. The Hall–Kier alpha value is -4.13. The van der Waals surface area contributed by atoms with E-state index in [1.807, 2.05) is 12.1 Å². The van der Waals surface area contributed by atoms with Gasteiger partial charge in [-0.3, -0.25) is 4.79 Å². The number of halogens is 1.